The summed E-state index contributed by atoms with van der Waals surface area (Å²) in [5.41, 5.74) is 0.858. The van der Waals surface area contributed by atoms with Crippen molar-refractivity contribution in [3.8, 4) is 11.5 Å². The van der Waals surface area contributed by atoms with Gasteiger partial charge < -0.3 is 14.8 Å². The van der Waals surface area contributed by atoms with Crippen LogP contribution in [0.4, 0.5) is 9.18 Å². The Balaban J connectivity index is 1.26. The van der Waals surface area contributed by atoms with E-state index < -0.39 is 0 Å². The van der Waals surface area contributed by atoms with Gasteiger partial charge in [0.25, 0.3) is 0 Å². The van der Waals surface area contributed by atoms with Gasteiger partial charge in [-0.3, -0.25) is 9.47 Å². The summed E-state index contributed by atoms with van der Waals surface area (Å²) in [5, 5.41) is 4.01. The topological polar surface area (TPSA) is 55.7 Å². The van der Waals surface area contributed by atoms with Crippen LogP contribution in [-0.4, -0.2) is 54.9 Å². The van der Waals surface area contributed by atoms with Gasteiger partial charge in [0, 0.05) is 30.7 Å². The minimum Gasteiger partial charge on any atom is -0.497 e. The zero-order valence-corrected chi connectivity index (χ0v) is 18.4. The van der Waals surface area contributed by atoms with Gasteiger partial charge in [0.2, 0.25) is 0 Å². The molecule has 1 amide bonds. The number of hydrogen-bond acceptors (Lipinski definition) is 4. The number of amides is 1. The molecule has 7 heteroatoms. The minimum absolute atomic E-state index is 0.127. The third kappa shape index (κ3) is 5.40. The molecule has 1 N–H and O–H groups in total. The van der Waals surface area contributed by atoms with E-state index in [0.29, 0.717) is 24.9 Å². The number of piperidine rings is 1. The van der Waals surface area contributed by atoms with Crippen molar-refractivity contribution in [1.29, 1.82) is 0 Å². The van der Waals surface area contributed by atoms with Gasteiger partial charge in [0.05, 0.1) is 19.2 Å². The first-order chi connectivity index (χ1) is 15.6. The van der Waals surface area contributed by atoms with Crippen LogP contribution >= 0.6 is 0 Å². The van der Waals surface area contributed by atoms with Crippen LogP contribution in [-0.2, 0) is 0 Å². The summed E-state index contributed by atoms with van der Waals surface area (Å²) in [7, 11) is 1.63. The number of halogens is 1. The molecule has 1 aliphatic heterocycles. The lowest BCUT2D eigenvalue weighted by molar-refractivity contribution is 0.125. The number of nitrogens with zero attached hydrogens (tertiary/aromatic N) is 2. The van der Waals surface area contributed by atoms with Crippen LogP contribution in [0.2, 0.25) is 0 Å². The van der Waals surface area contributed by atoms with E-state index in [1.807, 2.05) is 24.3 Å². The Bertz CT molecular complexity index is 1030. The fraction of sp³-hybridized carbons (Fsp3) is 0.400. The zero-order valence-electron chi connectivity index (χ0n) is 18.4. The van der Waals surface area contributed by atoms with Gasteiger partial charge in [-0.15, -0.1) is 0 Å². The van der Waals surface area contributed by atoms with Gasteiger partial charge in [-0.1, -0.05) is 6.42 Å². The van der Waals surface area contributed by atoms with E-state index in [9.17, 15) is 9.18 Å². The number of fused-ring (bicyclic) bond motifs is 1. The van der Waals surface area contributed by atoms with Crippen molar-refractivity contribution in [2.75, 3.05) is 33.4 Å². The number of likely N-dealkylation sites (tertiary alicyclic amines) is 1. The molecule has 3 aromatic rings. The maximum absolute atomic E-state index is 13.0. The second kappa shape index (κ2) is 10.5. The zero-order chi connectivity index (χ0) is 22.3. The number of benzene rings is 2. The van der Waals surface area contributed by atoms with Crippen molar-refractivity contribution in [2.45, 2.75) is 31.7 Å². The molecule has 1 atom stereocenters. The number of nitrogens with one attached hydrogen (secondary N) is 1. The van der Waals surface area contributed by atoms with Gasteiger partial charge >= 0.3 is 6.03 Å². The summed E-state index contributed by atoms with van der Waals surface area (Å²) in [4.78, 5) is 15.1. The Kier molecular flexibility index (Phi) is 7.27. The van der Waals surface area contributed by atoms with Crippen LogP contribution in [0.5, 0.6) is 11.5 Å². The number of ether oxygens (including phenoxy) is 2. The summed E-state index contributed by atoms with van der Waals surface area (Å²) in [5.74, 6) is 1.21. The summed E-state index contributed by atoms with van der Waals surface area (Å²) < 4.78 is 25.7. The maximum Gasteiger partial charge on any atom is 0.326 e. The number of aromatic nitrogens is 1. The van der Waals surface area contributed by atoms with Gasteiger partial charge in [0.15, 0.2) is 0 Å². The number of methoxy groups -OCH3 is 1. The normalized spacial score (nSPS) is 16.8. The molecule has 0 aliphatic carbocycles. The van der Waals surface area contributed by atoms with Crippen molar-refractivity contribution >= 4 is 16.9 Å². The molecule has 2 heterocycles. The van der Waals surface area contributed by atoms with Crippen LogP contribution in [0.25, 0.3) is 10.9 Å². The highest BCUT2D eigenvalue weighted by molar-refractivity contribution is 5.92. The molecule has 1 fully saturated rings. The van der Waals surface area contributed by atoms with E-state index in [1.165, 1.54) is 25.0 Å². The lowest BCUT2D eigenvalue weighted by Crippen LogP contribution is -2.44. The average Bonchev–Trinajstić information content (AvgIpc) is 3.24. The minimum atomic E-state index is -0.259. The summed E-state index contributed by atoms with van der Waals surface area (Å²) in [6.45, 7) is 3.02. The van der Waals surface area contributed by atoms with E-state index in [2.05, 4.69) is 10.2 Å². The van der Waals surface area contributed by atoms with Gasteiger partial charge in [-0.25, -0.2) is 9.18 Å². The molecule has 32 heavy (non-hydrogen) atoms. The van der Waals surface area contributed by atoms with Crippen LogP contribution in [0.1, 0.15) is 25.7 Å². The average molecular weight is 440 g/mol. The standard InChI is InChI=1S/C25H30FN3O3/c1-31-23-9-10-24-19(18-23)11-15-29(24)25(30)27-13-16-28-14-3-2-4-21(28)12-17-32-22-7-5-20(26)6-8-22/h5-11,15,18,21H,2-4,12-14,16-17H2,1H3,(H,27,30). The Hall–Kier alpha value is -3.06. The second-order valence-electron chi connectivity index (χ2n) is 8.12. The van der Waals surface area contributed by atoms with E-state index in [0.717, 1.165) is 42.6 Å². The number of rotatable bonds is 8. The predicted octanol–water partition coefficient (Wildman–Crippen LogP) is 4.67. The lowest BCUT2D eigenvalue weighted by Gasteiger charge is -2.35. The molecule has 1 aliphatic rings. The lowest BCUT2D eigenvalue weighted by atomic mass is 10.00. The molecule has 6 nitrogen and oxygen atoms in total. The Morgan fingerprint density at radius 2 is 1.94 bits per heavy atom. The van der Waals surface area contributed by atoms with Gasteiger partial charge in [-0.05, 0) is 74.3 Å². The molecule has 1 saturated heterocycles. The molecular formula is C25H30FN3O3. The highest BCUT2D eigenvalue weighted by atomic mass is 19.1. The Morgan fingerprint density at radius 1 is 1.12 bits per heavy atom. The van der Waals surface area contributed by atoms with Crippen LogP contribution < -0.4 is 14.8 Å². The van der Waals surface area contributed by atoms with Crippen molar-refractivity contribution in [2.24, 2.45) is 0 Å². The molecular weight excluding hydrogens is 409 g/mol. The third-order valence-electron chi connectivity index (χ3n) is 6.07. The van der Waals surface area contributed by atoms with Crippen molar-refractivity contribution in [3.63, 3.8) is 0 Å². The van der Waals surface area contributed by atoms with Gasteiger partial charge in [0.1, 0.15) is 17.3 Å². The fourth-order valence-electron chi connectivity index (χ4n) is 4.34. The summed E-state index contributed by atoms with van der Waals surface area (Å²) in [6.07, 6.45) is 6.21. The molecule has 0 bridgehead atoms. The van der Waals surface area contributed by atoms with E-state index in [1.54, 1.807) is 30.0 Å². The largest absolute Gasteiger partial charge is 0.497 e. The van der Waals surface area contributed by atoms with Crippen LogP contribution in [0.15, 0.2) is 54.7 Å². The first-order valence-corrected chi connectivity index (χ1v) is 11.2. The highest BCUT2D eigenvalue weighted by Crippen LogP contribution is 2.22. The molecule has 4 rings (SSSR count). The van der Waals surface area contributed by atoms with Crippen molar-refractivity contribution in [3.05, 3.63) is 60.5 Å². The van der Waals surface area contributed by atoms with E-state index >= 15 is 0 Å². The fourth-order valence-corrected chi connectivity index (χ4v) is 4.34. The molecule has 170 valence electrons. The molecule has 0 radical (unpaired) electrons. The smallest absolute Gasteiger partial charge is 0.326 e. The molecule has 0 saturated carbocycles. The second-order valence-corrected chi connectivity index (χ2v) is 8.12. The third-order valence-corrected chi connectivity index (χ3v) is 6.07. The van der Waals surface area contributed by atoms with Gasteiger partial charge in [-0.2, -0.15) is 0 Å². The monoisotopic (exact) mass is 439 g/mol. The summed E-state index contributed by atoms with van der Waals surface area (Å²) in [6, 6.07) is 14.0. The van der Waals surface area contributed by atoms with Crippen LogP contribution in [0, 0.1) is 5.82 Å². The number of hydrogen-bond donors (Lipinski definition) is 1. The Labute approximate surface area is 187 Å². The molecule has 0 spiro atoms. The maximum atomic E-state index is 13.0. The molecule has 1 aromatic heterocycles. The number of carbonyl (C=O) groups excluding carboxylic acids is 1. The van der Waals surface area contributed by atoms with Crippen molar-refractivity contribution in [1.82, 2.24) is 14.8 Å². The first kappa shape index (κ1) is 22.1. The Morgan fingerprint density at radius 3 is 2.75 bits per heavy atom. The summed E-state index contributed by atoms with van der Waals surface area (Å²) >= 11 is 0. The quantitative estimate of drug-likeness (QED) is 0.554. The van der Waals surface area contributed by atoms with E-state index in [-0.39, 0.29) is 11.8 Å². The van der Waals surface area contributed by atoms with E-state index in [4.69, 9.17) is 9.47 Å². The highest BCUT2D eigenvalue weighted by Gasteiger charge is 2.22. The first-order valence-electron chi connectivity index (χ1n) is 11.2. The molecule has 1 unspecified atom stereocenters. The van der Waals surface area contributed by atoms with Crippen LogP contribution in [0.3, 0.4) is 0 Å². The number of carbonyl (C=O) groups is 1. The molecule has 2 aromatic carbocycles. The van der Waals surface area contributed by atoms with Crippen molar-refractivity contribution < 1.29 is 18.7 Å². The SMILES string of the molecule is COc1ccc2c(ccn2C(=O)NCCN2CCCCC2CCOc2ccc(F)cc2)c1. The predicted molar refractivity (Wildman–Crippen MR) is 123 cm³/mol.